The number of aromatic nitrogens is 1. The first-order valence-corrected chi connectivity index (χ1v) is 10.0. The number of hydrogen-bond donors (Lipinski definition) is 1. The molecule has 3 atom stereocenters. The highest BCUT2D eigenvalue weighted by molar-refractivity contribution is 6.12. The number of nitrogens with one attached hydrogen (secondary N) is 1. The Morgan fingerprint density at radius 1 is 1.14 bits per heavy atom. The lowest BCUT2D eigenvalue weighted by molar-refractivity contribution is -0.154. The molecule has 0 radical (unpaired) electrons. The molecule has 1 aromatic carbocycles. The summed E-state index contributed by atoms with van der Waals surface area (Å²) in [5, 5.41) is 0.770. The molecule has 2 amide bonds. The number of aromatic amines is 1. The van der Waals surface area contributed by atoms with Crippen LogP contribution in [0.25, 0.3) is 10.9 Å². The number of hydrogen-bond acceptors (Lipinski definition) is 5. The number of para-hydroxylation sites is 1. The van der Waals surface area contributed by atoms with E-state index in [2.05, 4.69) is 4.98 Å². The summed E-state index contributed by atoms with van der Waals surface area (Å²) in [5.41, 5.74) is 2.02. The van der Waals surface area contributed by atoms with E-state index in [0.717, 1.165) is 28.6 Å². The van der Waals surface area contributed by atoms with Gasteiger partial charge in [0.15, 0.2) is 6.10 Å². The third kappa shape index (κ3) is 3.34. The van der Waals surface area contributed by atoms with Crippen LogP contribution in [0.5, 0.6) is 0 Å². The van der Waals surface area contributed by atoms with Gasteiger partial charge in [-0.1, -0.05) is 31.0 Å². The minimum absolute atomic E-state index is 0.289. The summed E-state index contributed by atoms with van der Waals surface area (Å²) in [4.78, 5) is 54.5. The number of rotatable bonds is 5. The molecule has 1 aliphatic carbocycles. The van der Waals surface area contributed by atoms with Gasteiger partial charge in [-0.2, -0.15) is 0 Å². The number of fused-ring (bicyclic) bond motifs is 2. The van der Waals surface area contributed by atoms with Gasteiger partial charge in [-0.05, 0) is 32.8 Å². The molecule has 0 unspecified atom stereocenters. The molecule has 1 N–H and O–H groups in total. The summed E-state index contributed by atoms with van der Waals surface area (Å²) in [6.45, 7) is 2.87. The SMILES string of the molecule is Cc1[nH]c2ccccc2c1C(=O)[C@@H](C)OC(=O)CN1C(=O)[C@H]2CCCC[C@@H]2C1=O. The molecule has 1 saturated heterocycles. The number of aryl methyl sites for hydroxylation is 1. The summed E-state index contributed by atoms with van der Waals surface area (Å²) >= 11 is 0. The van der Waals surface area contributed by atoms with Crippen LogP contribution in [-0.4, -0.2) is 46.1 Å². The van der Waals surface area contributed by atoms with Crippen LogP contribution in [0.2, 0.25) is 0 Å². The number of likely N-dealkylation sites (tertiary alicyclic amines) is 1. The van der Waals surface area contributed by atoms with Crippen LogP contribution in [-0.2, 0) is 19.1 Å². The fourth-order valence-corrected chi connectivity index (χ4v) is 4.60. The van der Waals surface area contributed by atoms with Crippen molar-refractivity contribution < 1.29 is 23.9 Å². The first kappa shape index (κ1) is 19.4. The van der Waals surface area contributed by atoms with E-state index in [1.54, 1.807) is 6.92 Å². The molecule has 1 saturated carbocycles. The van der Waals surface area contributed by atoms with E-state index >= 15 is 0 Å². The summed E-state index contributed by atoms with van der Waals surface area (Å²) in [6.07, 6.45) is 2.21. The van der Waals surface area contributed by atoms with E-state index in [4.69, 9.17) is 4.74 Å². The monoisotopic (exact) mass is 396 g/mol. The van der Waals surface area contributed by atoms with Crippen LogP contribution in [0.15, 0.2) is 24.3 Å². The van der Waals surface area contributed by atoms with Gasteiger partial charge in [0.25, 0.3) is 0 Å². The van der Waals surface area contributed by atoms with Gasteiger partial charge < -0.3 is 9.72 Å². The van der Waals surface area contributed by atoms with E-state index < -0.39 is 18.6 Å². The van der Waals surface area contributed by atoms with E-state index in [9.17, 15) is 19.2 Å². The van der Waals surface area contributed by atoms with Gasteiger partial charge in [-0.25, -0.2) is 0 Å². The second kappa shape index (κ2) is 7.46. The topological polar surface area (TPSA) is 96.5 Å². The van der Waals surface area contributed by atoms with E-state index in [1.165, 1.54) is 6.92 Å². The summed E-state index contributed by atoms with van der Waals surface area (Å²) in [7, 11) is 0. The third-order valence-electron chi connectivity index (χ3n) is 6.04. The number of benzene rings is 1. The normalized spacial score (nSPS) is 22.6. The second-order valence-corrected chi connectivity index (χ2v) is 7.93. The van der Waals surface area contributed by atoms with Gasteiger partial charge in [0.1, 0.15) is 6.54 Å². The third-order valence-corrected chi connectivity index (χ3v) is 6.04. The molecular weight excluding hydrogens is 372 g/mol. The number of esters is 1. The Bertz CT molecular complexity index is 984. The number of ketones is 1. The Morgan fingerprint density at radius 3 is 2.41 bits per heavy atom. The molecule has 7 nitrogen and oxygen atoms in total. The molecule has 2 heterocycles. The highest BCUT2D eigenvalue weighted by Crippen LogP contribution is 2.37. The Kier molecular flexibility index (Phi) is 4.98. The molecule has 29 heavy (non-hydrogen) atoms. The number of carbonyl (C=O) groups excluding carboxylic acids is 4. The minimum atomic E-state index is -1.02. The summed E-state index contributed by atoms with van der Waals surface area (Å²) in [5.74, 6) is -2.26. The summed E-state index contributed by atoms with van der Waals surface area (Å²) < 4.78 is 5.30. The minimum Gasteiger partial charge on any atom is -0.453 e. The molecule has 2 fully saturated rings. The van der Waals surface area contributed by atoms with Gasteiger partial charge in [0.2, 0.25) is 17.6 Å². The van der Waals surface area contributed by atoms with Crippen LogP contribution in [0.4, 0.5) is 0 Å². The van der Waals surface area contributed by atoms with E-state index in [1.807, 2.05) is 24.3 Å². The summed E-state index contributed by atoms with van der Waals surface area (Å²) in [6, 6.07) is 7.43. The lowest BCUT2D eigenvalue weighted by Crippen LogP contribution is -2.38. The molecule has 0 bridgehead atoms. The number of amides is 2. The fraction of sp³-hybridized carbons (Fsp3) is 0.455. The molecular formula is C22H24N2O5. The van der Waals surface area contributed by atoms with E-state index in [0.29, 0.717) is 24.1 Å². The number of H-pyrrole nitrogens is 1. The highest BCUT2D eigenvalue weighted by atomic mass is 16.5. The highest BCUT2D eigenvalue weighted by Gasteiger charge is 2.48. The van der Waals surface area contributed by atoms with Crippen LogP contribution < -0.4 is 0 Å². The van der Waals surface area contributed by atoms with Crippen molar-refractivity contribution in [2.75, 3.05) is 6.54 Å². The largest absolute Gasteiger partial charge is 0.453 e. The zero-order valence-electron chi connectivity index (χ0n) is 16.6. The average molecular weight is 396 g/mol. The van der Waals surface area contributed by atoms with Gasteiger partial charge in [-0.3, -0.25) is 24.1 Å². The van der Waals surface area contributed by atoms with Crippen molar-refractivity contribution in [2.24, 2.45) is 11.8 Å². The predicted octanol–water partition coefficient (Wildman–Crippen LogP) is 2.77. The Balaban J connectivity index is 1.44. The quantitative estimate of drug-likeness (QED) is 0.476. The number of nitrogens with zero attached hydrogens (tertiary/aromatic N) is 1. The maximum absolute atomic E-state index is 12.9. The van der Waals surface area contributed by atoms with Crippen LogP contribution >= 0.6 is 0 Å². The first-order chi connectivity index (χ1) is 13.9. The van der Waals surface area contributed by atoms with Gasteiger partial charge in [0, 0.05) is 22.2 Å². The maximum Gasteiger partial charge on any atom is 0.326 e. The van der Waals surface area contributed by atoms with Crippen LogP contribution in [0.3, 0.4) is 0 Å². The molecule has 1 aliphatic heterocycles. The number of carbonyl (C=O) groups is 4. The van der Waals surface area contributed by atoms with Crippen molar-refractivity contribution in [2.45, 2.75) is 45.6 Å². The predicted molar refractivity (Wildman–Crippen MR) is 105 cm³/mol. The zero-order valence-corrected chi connectivity index (χ0v) is 16.6. The van der Waals surface area contributed by atoms with Crippen LogP contribution in [0, 0.1) is 18.8 Å². The molecule has 4 rings (SSSR count). The van der Waals surface area contributed by atoms with Crippen molar-refractivity contribution in [3.63, 3.8) is 0 Å². The fourth-order valence-electron chi connectivity index (χ4n) is 4.60. The lowest BCUT2D eigenvalue weighted by atomic mass is 9.81. The smallest absolute Gasteiger partial charge is 0.326 e. The Morgan fingerprint density at radius 2 is 1.76 bits per heavy atom. The molecule has 152 valence electrons. The lowest BCUT2D eigenvalue weighted by Gasteiger charge is -2.19. The molecule has 0 spiro atoms. The Labute approximate surface area is 168 Å². The van der Waals surface area contributed by atoms with Crippen molar-refractivity contribution in [3.05, 3.63) is 35.5 Å². The van der Waals surface area contributed by atoms with Gasteiger partial charge in [0.05, 0.1) is 11.8 Å². The van der Waals surface area contributed by atoms with Crippen molar-refractivity contribution >= 4 is 34.5 Å². The van der Waals surface area contributed by atoms with Crippen molar-refractivity contribution in [1.29, 1.82) is 0 Å². The Hall–Kier alpha value is -2.96. The zero-order chi connectivity index (χ0) is 20.7. The molecule has 1 aromatic heterocycles. The van der Waals surface area contributed by atoms with E-state index in [-0.39, 0.29) is 29.4 Å². The molecule has 7 heteroatoms. The number of Topliss-reactive ketones (excluding diaryl/α,β-unsaturated/α-hetero) is 1. The van der Waals surface area contributed by atoms with Crippen molar-refractivity contribution in [1.82, 2.24) is 9.88 Å². The van der Waals surface area contributed by atoms with Crippen LogP contribution in [0.1, 0.15) is 48.7 Å². The first-order valence-electron chi connectivity index (χ1n) is 10.0. The maximum atomic E-state index is 12.9. The standard InChI is InChI=1S/C22H24N2O5/c1-12-19(16-9-5-6-10-17(16)23-12)20(26)13(2)29-18(25)11-24-21(27)14-7-3-4-8-15(14)22(24)28/h5-6,9-10,13-15,23H,3-4,7-8,11H2,1-2H3/t13-,14+,15+/m1/s1. The van der Waals surface area contributed by atoms with Gasteiger partial charge in [-0.15, -0.1) is 0 Å². The second-order valence-electron chi connectivity index (χ2n) is 7.93. The number of imide groups is 1. The number of ether oxygens (including phenoxy) is 1. The average Bonchev–Trinajstić information content (AvgIpc) is 3.16. The molecule has 2 aliphatic rings. The van der Waals surface area contributed by atoms with Crippen molar-refractivity contribution in [3.8, 4) is 0 Å². The van der Waals surface area contributed by atoms with Gasteiger partial charge >= 0.3 is 5.97 Å². The molecule has 2 aromatic rings.